The number of anilines is 1. The van der Waals surface area contributed by atoms with Crippen molar-refractivity contribution >= 4 is 23.7 Å². The molecule has 0 aliphatic carbocycles. The van der Waals surface area contributed by atoms with Crippen LogP contribution in [0.25, 0.3) is 0 Å². The fourth-order valence-corrected chi connectivity index (χ4v) is 2.82. The van der Waals surface area contributed by atoms with E-state index in [1.807, 2.05) is 19.1 Å². The number of aryl methyl sites for hydroxylation is 1. The van der Waals surface area contributed by atoms with E-state index in [1.165, 1.54) is 20.4 Å². The van der Waals surface area contributed by atoms with E-state index in [4.69, 9.17) is 9.47 Å². The second kappa shape index (κ2) is 10.0. The Labute approximate surface area is 179 Å². The van der Waals surface area contributed by atoms with Crippen LogP contribution in [0.5, 0.6) is 11.5 Å². The van der Waals surface area contributed by atoms with Crippen molar-refractivity contribution in [2.75, 3.05) is 19.5 Å². The number of nitrogens with zero attached hydrogens (tertiary/aromatic N) is 2. The highest BCUT2D eigenvalue weighted by atomic mass is 16.5. The molecule has 2 aromatic carbocycles. The summed E-state index contributed by atoms with van der Waals surface area (Å²) in [5, 5.41) is 6.70. The summed E-state index contributed by atoms with van der Waals surface area (Å²) < 4.78 is 10.4. The van der Waals surface area contributed by atoms with Gasteiger partial charge in [-0.2, -0.15) is 5.10 Å². The van der Waals surface area contributed by atoms with Crippen molar-refractivity contribution in [2.45, 2.75) is 6.92 Å². The first-order chi connectivity index (χ1) is 15.0. The third-order valence-corrected chi connectivity index (χ3v) is 4.34. The number of aromatic nitrogens is 1. The number of carbonyl (C=O) groups is 2. The lowest BCUT2D eigenvalue weighted by Gasteiger charge is -2.12. The van der Waals surface area contributed by atoms with Crippen LogP contribution in [0.15, 0.2) is 65.8 Å². The first-order valence-electron chi connectivity index (χ1n) is 9.41. The molecule has 2 amide bonds. The molecule has 0 radical (unpaired) electrons. The Bertz CT molecular complexity index is 1130. The minimum atomic E-state index is -0.466. The predicted octanol–water partition coefficient (Wildman–Crippen LogP) is 3.42. The second-order valence-corrected chi connectivity index (χ2v) is 6.47. The third kappa shape index (κ3) is 5.45. The van der Waals surface area contributed by atoms with E-state index < -0.39 is 11.8 Å². The molecule has 3 aromatic rings. The van der Waals surface area contributed by atoms with Crippen LogP contribution in [-0.2, 0) is 0 Å². The van der Waals surface area contributed by atoms with Gasteiger partial charge in [0.15, 0.2) is 11.5 Å². The SMILES string of the molecule is COc1ccc(C(=O)Nc2ccccc2C(=O)N/N=C\c2cccc(C)n2)cc1OC. The van der Waals surface area contributed by atoms with Gasteiger partial charge in [0, 0.05) is 11.3 Å². The van der Waals surface area contributed by atoms with Gasteiger partial charge in [-0.15, -0.1) is 0 Å². The highest BCUT2D eigenvalue weighted by molar-refractivity contribution is 6.09. The molecule has 0 saturated heterocycles. The summed E-state index contributed by atoms with van der Waals surface area (Å²) in [4.78, 5) is 29.6. The first-order valence-corrected chi connectivity index (χ1v) is 9.41. The van der Waals surface area contributed by atoms with Gasteiger partial charge in [-0.1, -0.05) is 18.2 Å². The van der Waals surface area contributed by atoms with Crippen LogP contribution in [0.4, 0.5) is 5.69 Å². The molecule has 158 valence electrons. The standard InChI is InChI=1S/C23H22N4O4/c1-15-7-6-8-17(25-15)14-24-27-23(29)18-9-4-5-10-19(18)26-22(28)16-11-12-20(30-2)21(13-16)31-3/h4-14H,1-3H3,(H,26,28)(H,27,29)/b24-14-. The maximum absolute atomic E-state index is 12.7. The molecular formula is C23H22N4O4. The van der Waals surface area contributed by atoms with Crippen LogP contribution in [0, 0.1) is 6.92 Å². The summed E-state index contributed by atoms with van der Waals surface area (Å²) in [6, 6.07) is 17.0. The summed E-state index contributed by atoms with van der Waals surface area (Å²) in [5.74, 6) is 0.0841. The molecule has 0 atom stereocenters. The number of hydrazone groups is 1. The minimum absolute atomic E-state index is 0.269. The largest absolute Gasteiger partial charge is 0.493 e. The van der Waals surface area contributed by atoms with Crippen molar-refractivity contribution in [1.82, 2.24) is 10.4 Å². The zero-order valence-corrected chi connectivity index (χ0v) is 17.4. The Kier molecular flexibility index (Phi) is 6.95. The van der Waals surface area contributed by atoms with Gasteiger partial charge in [0.05, 0.1) is 37.4 Å². The lowest BCUT2D eigenvalue weighted by atomic mass is 10.1. The molecule has 0 bridgehead atoms. The van der Waals surface area contributed by atoms with Crippen molar-refractivity contribution in [3.8, 4) is 11.5 Å². The Hall–Kier alpha value is -4.20. The molecule has 0 aliphatic heterocycles. The molecule has 8 nitrogen and oxygen atoms in total. The van der Waals surface area contributed by atoms with E-state index in [2.05, 4.69) is 20.8 Å². The first kappa shape index (κ1) is 21.5. The average molecular weight is 418 g/mol. The topological polar surface area (TPSA) is 102 Å². The van der Waals surface area contributed by atoms with Crippen molar-refractivity contribution in [3.05, 3.63) is 83.2 Å². The van der Waals surface area contributed by atoms with Crippen LogP contribution < -0.4 is 20.2 Å². The van der Waals surface area contributed by atoms with Gasteiger partial charge >= 0.3 is 0 Å². The summed E-state index contributed by atoms with van der Waals surface area (Å²) in [7, 11) is 3.01. The smallest absolute Gasteiger partial charge is 0.273 e. The van der Waals surface area contributed by atoms with Gasteiger partial charge in [-0.3, -0.25) is 14.6 Å². The van der Waals surface area contributed by atoms with Crippen LogP contribution in [0.2, 0.25) is 0 Å². The summed E-state index contributed by atoms with van der Waals surface area (Å²) >= 11 is 0. The van der Waals surface area contributed by atoms with Gasteiger partial charge in [0.25, 0.3) is 11.8 Å². The number of benzene rings is 2. The number of nitrogens with one attached hydrogen (secondary N) is 2. The zero-order chi connectivity index (χ0) is 22.2. The summed E-state index contributed by atoms with van der Waals surface area (Å²) in [6.45, 7) is 1.87. The Morgan fingerprint density at radius 3 is 2.45 bits per heavy atom. The third-order valence-electron chi connectivity index (χ3n) is 4.34. The van der Waals surface area contributed by atoms with Gasteiger partial charge in [-0.05, 0) is 49.4 Å². The maximum Gasteiger partial charge on any atom is 0.273 e. The molecule has 0 aliphatic rings. The number of hydrogen-bond donors (Lipinski definition) is 2. The number of hydrogen-bond acceptors (Lipinski definition) is 6. The zero-order valence-electron chi connectivity index (χ0n) is 17.4. The van der Waals surface area contributed by atoms with E-state index >= 15 is 0 Å². The van der Waals surface area contributed by atoms with E-state index in [9.17, 15) is 9.59 Å². The number of carbonyl (C=O) groups excluding carboxylic acids is 2. The van der Waals surface area contributed by atoms with Crippen LogP contribution in [0.1, 0.15) is 32.1 Å². The highest BCUT2D eigenvalue weighted by Gasteiger charge is 2.15. The number of pyridine rings is 1. The van der Waals surface area contributed by atoms with Gasteiger partial charge in [-0.25, -0.2) is 5.43 Å². The normalized spacial score (nSPS) is 10.5. The number of amides is 2. The van der Waals surface area contributed by atoms with E-state index in [0.29, 0.717) is 28.4 Å². The van der Waals surface area contributed by atoms with Crippen molar-refractivity contribution < 1.29 is 19.1 Å². The number of ether oxygens (including phenoxy) is 2. The molecular weight excluding hydrogens is 396 g/mol. The fourth-order valence-electron chi connectivity index (χ4n) is 2.82. The molecule has 3 rings (SSSR count). The molecule has 1 heterocycles. The van der Waals surface area contributed by atoms with Gasteiger partial charge in [0.2, 0.25) is 0 Å². The van der Waals surface area contributed by atoms with Crippen molar-refractivity contribution in [2.24, 2.45) is 5.10 Å². The predicted molar refractivity (Wildman–Crippen MR) is 118 cm³/mol. The summed E-state index contributed by atoms with van der Waals surface area (Å²) in [5.41, 5.74) is 4.90. The van der Waals surface area contributed by atoms with E-state index in [-0.39, 0.29) is 5.56 Å². The van der Waals surface area contributed by atoms with Crippen LogP contribution >= 0.6 is 0 Å². The quantitative estimate of drug-likeness (QED) is 0.452. The Balaban J connectivity index is 1.74. The number of rotatable bonds is 7. The van der Waals surface area contributed by atoms with E-state index in [0.717, 1.165) is 5.69 Å². The van der Waals surface area contributed by atoms with Crippen molar-refractivity contribution in [1.29, 1.82) is 0 Å². The highest BCUT2D eigenvalue weighted by Crippen LogP contribution is 2.28. The molecule has 0 saturated carbocycles. The molecule has 31 heavy (non-hydrogen) atoms. The van der Waals surface area contributed by atoms with Crippen LogP contribution in [0.3, 0.4) is 0 Å². The summed E-state index contributed by atoms with van der Waals surface area (Å²) in [6.07, 6.45) is 1.45. The molecule has 0 spiro atoms. The number of methoxy groups -OCH3 is 2. The van der Waals surface area contributed by atoms with Crippen LogP contribution in [-0.4, -0.2) is 37.2 Å². The fraction of sp³-hybridized carbons (Fsp3) is 0.130. The molecule has 2 N–H and O–H groups in total. The monoisotopic (exact) mass is 418 g/mol. The minimum Gasteiger partial charge on any atom is -0.493 e. The average Bonchev–Trinajstić information content (AvgIpc) is 2.78. The van der Waals surface area contributed by atoms with Gasteiger partial charge in [0.1, 0.15) is 0 Å². The molecule has 0 unspecified atom stereocenters. The lowest BCUT2D eigenvalue weighted by Crippen LogP contribution is -2.21. The molecule has 1 aromatic heterocycles. The van der Waals surface area contributed by atoms with E-state index in [1.54, 1.807) is 48.5 Å². The number of para-hydroxylation sites is 1. The van der Waals surface area contributed by atoms with Crippen molar-refractivity contribution in [3.63, 3.8) is 0 Å². The lowest BCUT2D eigenvalue weighted by molar-refractivity contribution is 0.0956. The van der Waals surface area contributed by atoms with Gasteiger partial charge < -0.3 is 14.8 Å². The Morgan fingerprint density at radius 1 is 0.935 bits per heavy atom. The maximum atomic E-state index is 12.7. The Morgan fingerprint density at radius 2 is 1.71 bits per heavy atom. The molecule has 0 fully saturated rings. The molecule has 8 heteroatoms. The second-order valence-electron chi connectivity index (χ2n) is 6.47.